The summed E-state index contributed by atoms with van der Waals surface area (Å²) < 4.78 is 16.8. The molecule has 0 amide bonds. The lowest BCUT2D eigenvalue weighted by atomic mass is 10.1. The quantitative estimate of drug-likeness (QED) is 0.0262. The van der Waals surface area contributed by atoms with E-state index in [0.717, 1.165) is 77.0 Å². The van der Waals surface area contributed by atoms with Crippen molar-refractivity contribution in [1.29, 1.82) is 0 Å². The number of esters is 3. The van der Waals surface area contributed by atoms with Crippen LogP contribution in [0.5, 0.6) is 0 Å². The van der Waals surface area contributed by atoms with Gasteiger partial charge in [0.1, 0.15) is 13.2 Å². The van der Waals surface area contributed by atoms with Crippen LogP contribution in [0.1, 0.15) is 303 Å². The summed E-state index contributed by atoms with van der Waals surface area (Å²) >= 11 is 0. The van der Waals surface area contributed by atoms with E-state index in [1.165, 1.54) is 186 Å². The highest BCUT2D eigenvalue weighted by Gasteiger charge is 2.19. The molecule has 0 aliphatic heterocycles. The molecule has 390 valence electrons. The first-order valence-corrected chi connectivity index (χ1v) is 29.1. The Kier molecular flexibility index (Phi) is 53.8. The topological polar surface area (TPSA) is 78.9 Å². The normalized spacial score (nSPS) is 12.3. The van der Waals surface area contributed by atoms with Crippen molar-refractivity contribution in [3.8, 4) is 0 Å². The number of rotatable bonds is 53. The zero-order chi connectivity index (χ0) is 48.6. The third-order valence-corrected chi connectivity index (χ3v) is 12.8. The van der Waals surface area contributed by atoms with Crippen molar-refractivity contribution in [2.24, 2.45) is 0 Å². The standard InChI is InChI=1S/C61H110O6/c1-4-7-10-13-16-19-22-24-26-28-29-30-31-33-34-36-39-42-45-48-51-54-60(63)66-57-58(56-65-59(62)53-50-47-44-41-38-21-18-15-12-9-6-3)67-61(64)55-52-49-46-43-40-37-35-32-27-25-23-20-17-14-11-8-5-2/h15,17-18,20,25,27-29,58H,4-14,16,19,21-24,26,30-57H2,1-3H3/b18-15-,20-17-,27-25-,29-28-. The first-order chi connectivity index (χ1) is 33.0. The van der Waals surface area contributed by atoms with E-state index in [1.54, 1.807) is 0 Å². The molecule has 0 heterocycles. The fraction of sp³-hybridized carbons (Fsp3) is 0.820. The third kappa shape index (κ3) is 54.2. The zero-order valence-corrected chi connectivity index (χ0v) is 44.7. The monoisotopic (exact) mass is 939 g/mol. The van der Waals surface area contributed by atoms with Gasteiger partial charge in [-0.3, -0.25) is 14.4 Å². The van der Waals surface area contributed by atoms with Crippen LogP contribution < -0.4 is 0 Å². The number of carbonyl (C=O) groups excluding carboxylic acids is 3. The molecule has 0 aliphatic rings. The maximum Gasteiger partial charge on any atom is 0.306 e. The van der Waals surface area contributed by atoms with Gasteiger partial charge in [0.15, 0.2) is 6.10 Å². The van der Waals surface area contributed by atoms with Crippen LogP contribution in [0.25, 0.3) is 0 Å². The van der Waals surface area contributed by atoms with Crippen LogP contribution in [-0.4, -0.2) is 37.2 Å². The predicted octanol–water partition coefficient (Wildman–Crippen LogP) is 19.4. The summed E-state index contributed by atoms with van der Waals surface area (Å²) in [6.07, 6.45) is 68.2. The van der Waals surface area contributed by atoms with E-state index < -0.39 is 6.10 Å². The molecule has 0 spiro atoms. The molecule has 0 saturated carbocycles. The summed E-state index contributed by atoms with van der Waals surface area (Å²) in [7, 11) is 0. The van der Waals surface area contributed by atoms with Crippen LogP contribution in [-0.2, 0) is 28.6 Å². The SMILES string of the molecule is CCCC/C=C\CCCCCCCC(=O)OCC(COC(=O)CCCCCCCCCCC/C=C\CCCCCCCCCC)OC(=O)CCCCCCCCC/C=C\C/C=C\CCCCC. The Morgan fingerprint density at radius 1 is 0.299 bits per heavy atom. The van der Waals surface area contributed by atoms with Crippen LogP contribution >= 0.6 is 0 Å². The van der Waals surface area contributed by atoms with Crippen molar-refractivity contribution in [1.82, 2.24) is 0 Å². The van der Waals surface area contributed by atoms with Gasteiger partial charge in [0, 0.05) is 19.3 Å². The highest BCUT2D eigenvalue weighted by molar-refractivity contribution is 5.71. The molecule has 0 aliphatic carbocycles. The van der Waals surface area contributed by atoms with Crippen molar-refractivity contribution in [3.63, 3.8) is 0 Å². The Hall–Kier alpha value is -2.63. The van der Waals surface area contributed by atoms with Crippen molar-refractivity contribution in [2.75, 3.05) is 13.2 Å². The molecule has 67 heavy (non-hydrogen) atoms. The van der Waals surface area contributed by atoms with Gasteiger partial charge in [-0.25, -0.2) is 0 Å². The number of hydrogen-bond donors (Lipinski definition) is 0. The van der Waals surface area contributed by atoms with Gasteiger partial charge >= 0.3 is 17.9 Å². The van der Waals surface area contributed by atoms with E-state index >= 15 is 0 Å². The molecule has 0 aromatic rings. The Morgan fingerprint density at radius 3 is 0.910 bits per heavy atom. The molecule has 0 aromatic heterocycles. The summed E-state index contributed by atoms with van der Waals surface area (Å²) in [5, 5.41) is 0. The van der Waals surface area contributed by atoms with E-state index in [9.17, 15) is 14.4 Å². The number of allylic oxidation sites excluding steroid dienone is 8. The van der Waals surface area contributed by atoms with Crippen LogP contribution in [0.3, 0.4) is 0 Å². The third-order valence-electron chi connectivity index (χ3n) is 12.8. The van der Waals surface area contributed by atoms with Crippen LogP contribution in [0, 0.1) is 0 Å². The molecule has 0 rings (SSSR count). The summed E-state index contributed by atoms with van der Waals surface area (Å²) in [6, 6.07) is 0. The van der Waals surface area contributed by atoms with Gasteiger partial charge in [0.25, 0.3) is 0 Å². The van der Waals surface area contributed by atoms with Gasteiger partial charge in [-0.2, -0.15) is 0 Å². The van der Waals surface area contributed by atoms with Crippen molar-refractivity contribution in [3.05, 3.63) is 48.6 Å². The second-order valence-corrected chi connectivity index (χ2v) is 19.5. The maximum absolute atomic E-state index is 12.8. The Bertz CT molecular complexity index is 1170. The summed E-state index contributed by atoms with van der Waals surface area (Å²) in [6.45, 7) is 6.59. The maximum atomic E-state index is 12.8. The highest BCUT2D eigenvalue weighted by Crippen LogP contribution is 2.16. The van der Waals surface area contributed by atoms with Crippen molar-refractivity contribution in [2.45, 2.75) is 309 Å². The fourth-order valence-electron chi connectivity index (χ4n) is 8.33. The number of carbonyl (C=O) groups is 3. The summed E-state index contributed by atoms with van der Waals surface area (Å²) in [4.78, 5) is 38.1. The first kappa shape index (κ1) is 64.4. The second kappa shape index (κ2) is 56.0. The summed E-state index contributed by atoms with van der Waals surface area (Å²) in [5.41, 5.74) is 0. The average Bonchev–Trinajstić information content (AvgIpc) is 3.33. The molecule has 0 aromatic carbocycles. The lowest BCUT2D eigenvalue weighted by Crippen LogP contribution is -2.30. The second-order valence-electron chi connectivity index (χ2n) is 19.5. The van der Waals surface area contributed by atoms with Gasteiger partial charge in [0.2, 0.25) is 0 Å². The van der Waals surface area contributed by atoms with E-state index in [4.69, 9.17) is 14.2 Å². The van der Waals surface area contributed by atoms with Gasteiger partial charge in [-0.15, -0.1) is 0 Å². The van der Waals surface area contributed by atoms with Gasteiger partial charge < -0.3 is 14.2 Å². The average molecular weight is 940 g/mol. The molecular weight excluding hydrogens is 829 g/mol. The Labute approximate surface area is 416 Å². The molecule has 0 radical (unpaired) electrons. The number of ether oxygens (including phenoxy) is 3. The van der Waals surface area contributed by atoms with Crippen molar-refractivity contribution < 1.29 is 28.6 Å². The minimum Gasteiger partial charge on any atom is -0.462 e. The Balaban J connectivity index is 4.30. The molecule has 6 nitrogen and oxygen atoms in total. The van der Waals surface area contributed by atoms with E-state index in [-0.39, 0.29) is 31.1 Å². The first-order valence-electron chi connectivity index (χ1n) is 29.1. The predicted molar refractivity (Wildman–Crippen MR) is 289 cm³/mol. The highest BCUT2D eigenvalue weighted by atomic mass is 16.6. The zero-order valence-electron chi connectivity index (χ0n) is 44.7. The van der Waals surface area contributed by atoms with Gasteiger partial charge in [-0.05, 0) is 96.3 Å². The fourth-order valence-corrected chi connectivity index (χ4v) is 8.33. The van der Waals surface area contributed by atoms with E-state index in [0.29, 0.717) is 19.3 Å². The van der Waals surface area contributed by atoms with Crippen molar-refractivity contribution >= 4 is 17.9 Å². The van der Waals surface area contributed by atoms with E-state index in [1.807, 2.05) is 0 Å². The molecule has 6 heteroatoms. The van der Waals surface area contributed by atoms with Crippen LogP contribution in [0.4, 0.5) is 0 Å². The number of unbranched alkanes of at least 4 members (excludes halogenated alkanes) is 34. The van der Waals surface area contributed by atoms with Crippen LogP contribution in [0.2, 0.25) is 0 Å². The Morgan fingerprint density at radius 2 is 0.552 bits per heavy atom. The van der Waals surface area contributed by atoms with Gasteiger partial charge in [0.05, 0.1) is 0 Å². The molecule has 0 saturated heterocycles. The molecule has 0 bridgehead atoms. The molecule has 0 fully saturated rings. The lowest BCUT2D eigenvalue weighted by molar-refractivity contribution is -0.167. The molecule has 1 atom stereocenters. The molecular formula is C61H110O6. The summed E-state index contributed by atoms with van der Waals surface area (Å²) in [5.74, 6) is -0.887. The van der Waals surface area contributed by atoms with E-state index in [2.05, 4.69) is 69.4 Å². The molecule has 0 N–H and O–H groups in total. The van der Waals surface area contributed by atoms with Crippen LogP contribution in [0.15, 0.2) is 48.6 Å². The number of hydrogen-bond acceptors (Lipinski definition) is 6. The lowest BCUT2D eigenvalue weighted by Gasteiger charge is -2.18. The minimum atomic E-state index is -0.780. The van der Waals surface area contributed by atoms with Gasteiger partial charge in [-0.1, -0.05) is 236 Å². The molecule has 1 unspecified atom stereocenters. The minimum absolute atomic E-state index is 0.0786. The largest absolute Gasteiger partial charge is 0.462 e. The smallest absolute Gasteiger partial charge is 0.306 e.